The van der Waals surface area contributed by atoms with Crippen LogP contribution in [0.15, 0.2) is 18.2 Å². The first-order valence-electron chi connectivity index (χ1n) is 4.82. The van der Waals surface area contributed by atoms with Crippen molar-refractivity contribution in [3.05, 3.63) is 28.3 Å². The zero-order valence-corrected chi connectivity index (χ0v) is 9.47. The zero-order chi connectivity index (χ0) is 13.5. The number of carbonyl (C=O) groups excluding carboxylic acids is 1. The van der Waals surface area contributed by atoms with Crippen molar-refractivity contribution in [3.63, 3.8) is 0 Å². The Bertz CT molecular complexity index is 509. The number of anilines is 1. The Kier molecular flexibility index (Phi) is 4.45. The fraction of sp³-hybridized carbons (Fsp3) is 0.200. The Morgan fingerprint density at radius 3 is 2.89 bits per heavy atom. The van der Waals surface area contributed by atoms with Gasteiger partial charge in [0.05, 0.1) is 23.8 Å². The molecule has 0 fully saturated rings. The van der Waals surface area contributed by atoms with Crippen LogP contribution in [0.5, 0.6) is 5.75 Å². The van der Waals surface area contributed by atoms with Crippen molar-refractivity contribution < 1.29 is 14.5 Å². The van der Waals surface area contributed by atoms with E-state index in [1.807, 2.05) is 0 Å². The summed E-state index contributed by atoms with van der Waals surface area (Å²) in [6.45, 7) is -0.164. The minimum atomic E-state index is -0.643. The lowest BCUT2D eigenvalue weighted by Gasteiger charge is -2.09. The van der Waals surface area contributed by atoms with Crippen molar-refractivity contribution in [2.75, 3.05) is 19.0 Å². The van der Waals surface area contributed by atoms with Crippen LogP contribution in [0.1, 0.15) is 0 Å². The Morgan fingerprint density at radius 2 is 2.33 bits per heavy atom. The summed E-state index contributed by atoms with van der Waals surface area (Å²) in [4.78, 5) is 21.3. The van der Waals surface area contributed by atoms with Crippen molar-refractivity contribution in [2.45, 2.75) is 0 Å². The molecule has 0 saturated carbocycles. The lowest BCUT2D eigenvalue weighted by atomic mass is 10.2. The number of rotatable bonds is 4. The molecular weight excluding hydrogens is 240 g/mol. The van der Waals surface area contributed by atoms with Crippen LogP contribution < -0.4 is 15.4 Å². The summed E-state index contributed by atoms with van der Waals surface area (Å²) < 4.78 is 4.96. The molecule has 8 nitrogen and oxygen atoms in total. The van der Waals surface area contributed by atoms with Gasteiger partial charge in [-0.3, -0.25) is 10.1 Å². The van der Waals surface area contributed by atoms with Crippen LogP contribution in [-0.4, -0.2) is 24.6 Å². The molecule has 0 spiro atoms. The van der Waals surface area contributed by atoms with Gasteiger partial charge in [0.15, 0.2) is 0 Å². The fourth-order valence-corrected chi connectivity index (χ4v) is 1.19. The van der Waals surface area contributed by atoms with E-state index in [2.05, 4.69) is 10.6 Å². The highest BCUT2D eigenvalue weighted by molar-refractivity contribution is 5.91. The van der Waals surface area contributed by atoms with Gasteiger partial charge in [-0.15, -0.1) is 0 Å². The highest BCUT2D eigenvalue weighted by atomic mass is 16.6. The molecule has 18 heavy (non-hydrogen) atoms. The summed E-state index contributed by atoms with van der Waals surface area (Å²) in [7, 11) is 1.37. The highest BCUT2D eigenvalue weighted by Crippen LogP contribution is 2.28. The highest BCUT2D eigenvalue weighted by Gasteiger charge is 2.13. The molecular formula is C10H10N4O4. The fourth-order valence-electron chi connectivity index (χ4n) is 1.19. The van der Waals surface area contributed by atoms with Gasteiger partial charge >= 0.3 is 6.03 Å². The second-order valence-electron chi connectivity index (χ2n) is 3.11. The van der Waals surface area contributed by atoms with Gasteiger partial charge in [0.2, 0.25) is 0 Å². The summed E-state index contributed by atoms with van der Waals surface area (Å²) in [5, 5.41) is 23.5. The van der Waals surface area contributed by atoms with Crippen LogP contribution in [-0.2, 0) is 0 Å². The van der Waals surface area contributed by atoms with Crippen molar-refractivity contribution >= 4 is 17.4 Å². The van der Waals surface area contributed by atoms with Crippen LogP contribution in [0.3, 0.4) is 0 Å². The smallest absolute Gasteiger partial charge is 0.320 e. The summed E-state index contributed by atoms with van der Waals surface area (Å²) in [5.74, 6) is 0.285. The molecule has 1 rings (SSSR count). The lowest BCUT2D eigenvalue weighted by molar-refractivity contribution is -0.384. The molecule has 0 radical (unpaired) electrons. The van der Waals surface area contributed by atoms with Gasteiger partial charge in [-0.2, -0.15) is 5.26 Å². The van der Waals surface area contributed by atoms with Gasteiger partial charge in [0.25, 0.3) is 5.69 Å². The number of ether oxygens (including phenoxy) is 1. The van der Waals surface area contributed by atoms with E-state index in [0.717, 1.165) is 0 Å². The molecule has 0 aliphatic rings. The second-order valence-corrected chi connectivity index (χ2v) is 3.11. The molecule has 0 heterocycles. The number of nitrogens with zero attached hydrogens (tertiary/aromatic N) is 2. The van der Waals surface area contributed by atoms with E-state index in [9.17, 15) is 14.9 Å². The number of hydrogen-bond acceptors (Lipinski definition) is 5. The third-order valence-electron chi connectivity index (χ3n) is 1.97. The minimum absolute atomic E-state index is 0.155. The van der Waals surface area contributed by atoms with Crippen molar-refractivity contribution in [1.29, 1.82) is 5.26 Å². The largest absolute Gasteiger partial charge is 0.495 e. The van der Waals surface area contributed by atoms with Gasteiger partial charge in [-0.1, -0.05) is 0 Å². The number of nitriles is 1. The average Bonchev–Trinajstić information content (AvgIpc) is 2.36. The summed E-state index contributed by atoms with van der Waals surface area (Å²) in [6.07, 6.45) is 0. The summed E-state index contributed by atoms with van der Waals surface area (Å²) in [6, 6.07) is 4.89. The molecule has 2 N–H and O–H groups in total. The third kappa shape index (κ3) is 3.34. The number of amides is 2. The number of benzene rings is 1. The molecule has 94 valence electrons. The SMILES string of the molecule is COc1ccc([N+](=O)[O-])cc1NC(=O)NCC#N. The average molecular weight is 250 g/mol. The molecule has 0 unspecified atom stereocenters. The van der Waals surface area contributed by atoms with E-state index < -0.39 is 11.0 Å². The third-order valence-corrected chi connectivity index (χ3v) is 1.97. The molecule has 0 aromatic heterocycles. The van der Waals surface area contributed by atoms with E-state index in [4.69, 9.17) is 10.00 Å². The first kappa shape index (κ1) is 13.2. The van der Waals surface area contributed by atoms with Crippen molar-refractivity contribution in [3.8, 4) is 11.8 Å². The molecule has 0 aliphatic carbocycles. The Balaban J connectivity index is 2.91. The van der Waals surface area contributed by atoms with Gasteiger partial charge in [0.1, 0.15) is 12.3 Å². The van der Waals surface area contributed by atoms with Crippen LogP contribution in [0.4, 0.5) is 16.2 Å². The lowest BCUT2D eigenvalue weighted by Crippen LogP contribution is -2.29. The Hall–Kier alpha value is -2.82. The number of carbonyl (C=O) groups is 1. The van der Waals surface area contributed by atoms with E-state index in [0.29, 0.717) is 0 Å². The number of urea groups is 1. The van der Waals surface area contributed by atoms with Crippen LogP contribution in [0.25, 0.3) is 0 Å². The second kappa shape index (κ2) is 6.05. The maximum atomic E-state index is 11.3. The molecule has 2 amide bonds. The van der Waals surface area contributed by atoms with Gasteiger partial charge in [-0.05, 0) is 6.07 Å². The van der Waals surface area contributed by atoms with Gasteiger partial charge < -0.3 is 15.4 Å². The molecule has 0 saturated heterocycles. The van der Waals surface area contributed by atoms with Gasteiger partial charge in [-0.25, -0.2) is 4.79 Å². The predicted octanol–water partition coefficient (Wildman–Crippen LogP) is 1.25. The number of methoxy groups -OCH3 is 1. The maximum Gasteiger partial charge on any atom is 0.320 e. The molecule has 0 atom stereocenters. The molecule has 0 bridgehead atoms. The standard InChI is InChI=1S/C10H10N4O4/c1-18-9-3-2-7(14(16)17)6-8(9)13-10(15)12-5-4-11/h2-3,6H,5H2,1H3,(H2,12,13,15). The topological polar surface area (TPSA) is 117 Å². The van der Waals surface area contributed by atoms with Crippen LogP contribution >= 0.6 is 0 Å². The van der Waals surface area contributed by atoms with Gasteiger partial charge in [0, 0.05) is 12.1 Å². The van der Waals surface area contributed by atoms with E-state index in [-0.39, 0.29) is 23.7 Å². The normalized spacial score (nSPS) is 9.11. The number of nitrogens with one attached hydrogen (secondary N) is 2. The number of hydrogen-bond donors (Lipinski definition) is 2. The number of nitro benzene ring substituents is 1. The van der Waals surface area contributed by atoms with Crippen LogP contribution in [0, 0.1) is 21.4 Å². The molecule has 8 heteroatoms. The maximum absolute atomic E-state index is 11.3. The minimum Gasteiger partial charge on any atom is -0.495 e. The van der Waals surface area contributed by atoms with Crippen LogP contribution in [0.2, 0.25) is 0 Å². The number of non-ortho nitro benzene ring substituents is 1. The van der Waals surface area contributed by atoms with Crippen molar-refractivity contribution in [2.24, 2.45) is 0 Å². The van der Waals surface area contributed by atoms with E-state index >= 15 is 0 Å². The molecule has 1 aromatic carbocycles. The Labute approximate surface area is 102 Å². The molecule has 1 aromatic rings. The van der Waals surface area contributed by atoms with E-state index in [1.165, 1.54) is 25.3 Å². The van der Waals surface area contributed by atoms with E-state index in [1.54, 1.807) is 6.07 Å². The first-order chi connectivity index (χ1) is 8.58. The summed E-state index contributed by atoms with van der Waals surface area (Å²) in [5.41, 5.74) is -0.0199. The Morgan fingerprint density at radius 1 is 1.61 bits per heavy atom. The summed E-state index contributed by atoms with van der Waals surface area (Å²) >= 11 is 0. The van der Waals surface area contributed by atoms with Crippen molar-refractivity contribution in [1.82, 2.24) is 5.32 Å². The molecule has 0 aliphatic heterocycles. The number of nitro groups is 1. The monoisotopic (exact) mass is 250 g/mol. The zero-order valence-electron chi connectivity index (χ0n) is 9.47. The first-order valence-corrected chi connectivity index (χ1v) is 4.82. The quantitative estimate of drug-likeness (QED) is 0.473. The predicted molar refractivity (Wildman–Crippen MR) is 62.3 cm³/mol.